The molecule has 0 saturated heterocycles. The summed E-state index contributed by atoms with van der Waals surface area (Å²) in [4.78, 5) is 0. The largest absolute Gasteiger partial charge is 0.508 e. The summed E-state index contributed by atoms with van der Waals surface area (Å²) >= 11 is 0. The predicted molar refractivity (Wildman–Crippen MR) is 79.4 cm³/mol. The fraction of sp³-hybridized carbons (Fsp3) is 0.176. The minimum absolute atomic E-state index is 0.314. The van der Waals surface area contributed by atoms with Gasteiger partial charge in [0, 0.05) is 0 Å². The van der Waals surface area contributed by atoms with Gasteiger partial charge in [-0.3, -0.25) is 0 Å². The zero-order valence-electron chi connectivity index (χ0n) is 11.3. The van der Waals surface area contributed by atoms with Crippen LogP contribution in [0.15, 0.2) is 42.5 Å². The van der Waals surface area contributed by atoms with Gasteiger partial charge in [0.1, 0.15) is 11.5 Å². The van der Waals surface area contributed by atoms with Crippen molar-refractivity contribution in [2.75, 3.05) is 7.11 Å². The third-order valence-corrected chi connectivity index (χ3v) is 2.99. The van der Waals surface area contributed by atoms with Crippen LogP contribution in [0, 0.1) is 0 Å². The van der Waals surface area contributed by atoms with Gasteiger partial charge in [-0.05, 0) is 47.4 Å². The normalized spacial score (nSPS) is 10.8. The first-order valence-electron chi connectivity index (χ1n) is 6.36. The van der Waals surface area contributed by atoms with Crippen molar-refractivity contribution in [2.45, 2.75) is 13.3 Å². The summed E-state index contributed by atoms with van der Waals surface area (Å²) in [5, 5.41) is 9.64. The van der Waals surface area contributed by atoms with Gasteiger partial charge in [0.05, 0.1) is 7.11 Å². The van der Waals surface area contributed by atoms with Gasteiger partial charge in [-0.2, -0.15) is 0 Å². The Morgan fingerprint density at radius 3 is 2.32 bits per heavy atom. The summed E-state index contributed by atoms with van der Waals surface area (Å²) in [5.74, 6) is 1.16. The lowest BCUT2D eigenvalue weighted by molar-refractivity contribution is 0.415. The number of aryl methyl sites for hydroxylation is 1. The van der Waals surface area contributed by atoms with Crippen molar-refractivity contribution in [1.29, 1.82) is 0 Å². The first kappa shape index (κ1) is 13.2. The smallest absolute Gasteiger partial charge is 0.118 e. The lowest BCUT2D eigenvalue weighted by Crippen LogP contribution is -1.82. The first-order chi connectivity index (χ1) is 9.21. The molecule has 0 saturated carbocycles. The Morgan fingerprint density at radius 1 is 1.00 bits per heavy atom. The van der Waals surface area contributed by atoms with E-state index in [0.717, 1.165) is 28.9 Å². The van der Waals surface area contributed by atoms with Crippen LogP contribution in [0.1, 0.15) is 23.6 Å². The van der Waals surface area contributed by atoms with Crippen LogP contribution in [0.5, 0.6) is 11.5 Å². The molecule has 2 aromatic rings. The molecule has 2 rings (SSSR count). The van der Waals surface area contributed by atoms with Gasteiger partial charge in [0.25, 0.3) is 0 Å². The summed E-state index contributed by atoms with van der Waals surface area (Å²) in [6.45, 7) is 2.08. The van der Waals surface area contributed by atoms with Gasteiger partial charge in [0.2, 0.25) is 0 Å². The SMILES string of the molecule is CCc1cc(O)cc(C=Cc2ccc(OC)cc2)c1. The van der Waals surface area contributed by atoms with Crippen LogP contribution < -0.4 is 4.74 Å². The number of phenolic OH excluding ortho intramolecular Hbond substituents is 1. The first-order valence-corrected chi connectivity index (χ1v) is 6.36. The molecule has 0 aliphatic carbocycles. The molecule has 0 radical (unpaired) electrons. The second kappa shape index (κ2) is 6.10. The molecule has 2 aromatic carbocycles. The van der Waals surface area contributed by atoms with Crippen molar-refractivity contribution in [2.24, 2.45) is 0 Å². The molecule has 0 amide bonds. The molecule has 0 fully saturated rings. The Bertz CT molecular complexity index is 568. The Labute approximate surface area is 114 Å². The molecule has 0 unspecified atom stereocenters. The fourth-order valence-corrected chi connectivity index (χ4v) is 1.91. The Hall–Kier alpha value is -2.22. The van der Waals surface area contributed by atoms with Crippen molar-refractivity contribution >= 4 is 12.2 Å². The lowest BCUT2D eigenvalue weighted by Gasteiger charge is -2.02. The molecular weight excluding hydrogens is 236 g/mol. The van der Waals surface area contributed by atoms with E-state index in [9.17, 15) is 5.11 Å². The van der Waals surface area contributed by atoms with Gasteiger partial charge in [-0.25, -0.2) is 0 Å². The molecule has 19 heavy (non-hydrogen) atoms. The van der Waals surface area contributed by atoms with Crippen LogP contribution in [0.3, 0.4) is 0 Å². The molecule has 0 heterocycles. The minimum atomic E-state index is 0.314. The summed E-state index contributed by atoms with van der Waals surface area (Å²) < 4.78 is 5.12. The van der Waals surface area contributed by atoms with Gasteiger partial charge < -0.3 is 9.84 Å². The Morgan fingerprint density at radius 2 is 1.68 bits per heavy atom. The van der Waals surface area contributed by atoms with Gasteiger partial charge >= 0.3 is 0 Å². The van der Waals surface area contributed by atoms with Crippen LogP contribution in [-0.2, 0) is 6.42 Å². The van der Waals surface area contributed by atoms with Crippen molar-refractivity contribution in [3.05, 3.63) is 59.2 Å². The third kappa shape index (κ3) is 3.62. The highest BCUT2D eigenvalue weighted by Gasteiger charge is 1.96. The quantitative estimate of drug-likeness (QED) is 0.831. The van der Waals surface area contributed by atoms with Crippen LogP contribution in [0.25, 0.3) is 12.2 Å². The lowest BCUT2D eigenvalue weighted by atomic mass is 10.1. The topological polar surface area (TPSA) is 29.5 Å². The standard InChI is InChI=1S/C17H18O2/c1-3-13-10-15(12-16(18)11-13)5-4-14-6-8-17(19-2)9-7-14/h4-12,18H,3H2,1-2H3. The van der Waals surface area contributed by atoms with Gasteiger partial charge in [0.15, 0.2) is 0 Å². The fourth-order valence-electron chi connectivity index (χ4n) is 1.91. The summed E-state index contributed by atoms with van der Waals surface area (Å²) in [6.07, 6.45) is 4.94. The zero-order chi connectivity index (χ0) is 13.7. The molecule has 2 heteroatoms. The maximum absolute atomic E-state index is 9.64. The van der Waals surface area contributed by atoms with Gasteiger partial charge in [-0.15, -0.1) is 0 Å². The molecule has 0 aliphatic heterocycles. The average Bonchev–Trinajstić information content (AvgIpc) is 2.45. The molecule has 0 aromatic heterocycles. The van der Waals surface area contributed by atoms with Crippen molar-refractivity contribution in [3.8, 4) is 11.5 Å². The molecule has 2 nitrogen and oxygen atoms in total. The molecule has 0 bridgehead atoms. The second-order valence-corrected chi connectivity index (χ2v) is 4.39. The number of hydrogen-bond donors (Lipinski definition) is 1. The Kier molecular flexibility index (Phi) is 4.24. The number of aromatic hydroxyl groups is 1. The van der Waals surface area contributed by atoms with E-state index in [2.05, 4.69) is 13.0 Å². The third-order valence-electron chi connectivity index (χ3n) is 2.99. The van der Waals surface area contributed by atoms with Gasteiger partial charge in [-0.1, -0.05) is 37.3 Å². The van der Waals surface area contributed by atoms with Crippen LogP contribution in [0.4, 0.5) is 0 Å². The second-order valence-electron chi connectivity index (χ2n) is 4.39. The van der Waals surface area contributed by atoms with E-state index in [0.29, 0.717) is 5.75 Å². The zero-order valence-corrected chi connectivity index (χ0v) is 11.3. The predicted octanol–water partition coefficient (Wildman–Crippen LogP) is 4.13. The molecule has 98 valence electrons. The van der Waals surface area contributed by atoms with E-state index in [1.807, 2.05) is 36.4 Å². The maximum Gasteiger partial charge on any atom is 0.118 e. The number of benzene rings is 2. The highest BCUT2D eigenvalue weighted by molar-refractivity contribution is 5.70. The number of hydrogen-bond acceptors (Lipinski definition) is 2. The number of rotatable bonds is 4. The van der Waals surface area contributed by atoms with Crippen LogP contribution in [0.2, 0.25) is 0 Å². The molecule has 0 atom stereocenters. The van der Waals surface area contributed by atoms with E-state index in [-0.39, 0.29) is 0 Å². The molecule has 1 N–H and O–H groups in total. The highest BCUT2D eigenvalue weighted by Crippen LogP contribution is 2.19. The number of ether oxygens (including phenoxy) is 1. The van der Waals surface area contributed by atoms with Crippen LogP contribution in [-0.4, -0.2) is 12.2 Å². The minimum Gasteiger partial charge on any atom is -0.508 e. The number of methoxy groups -OCH3 is 1. The molecule has 0 spiro atoms. The van der Waals surface area contributed by atoms with Crippen molar-refractivity contribution in [1.82, 2.24) is 0 Å². The van der Waals surface area contributed by atoms with E-state index < -0.39 is 0 Å². The highest BCUT2D eigenvalue weighted by atomic mass is 16.5. The summed E-state index contributed by atoms with van der Waals surface area (Å²) in [5.41, 5.74) is 3.24. The summed E-state index contributed by atoms with van der Waals surface area (Å²) in [6, 6.07) is 13.5. The van der Waals surface area contributed by atoms with Crippen LogP contribution >= 0.6 is 0 Å². The van der Waals surface area contributed by atoms with Crippen molar-refractivity contribution < 1.29 is 9.84 Å². The molecular formula is C17H18O2. The number of phenols is 1. The monoisotopic (exact) mass is 254 g/mol. The van der Waals surface area contributed by atoms with Crippen molar-refractivity contribution in [3.63, 3.8) is 0 Å². The van der Waals surface area contributed by atoms with E-state index >= 15 is 0 Å². The average molecular weight is 254 g/mol. The summed E-state index contributed by atoms with van der Waals surface area (Å²) in [7, 11) is 1.66. The van der Waals surface area contributed by atoms with E-state index in [1.165, 1.54) is 0 Å². The molecule has 0 aliphatic rings. The van der Waals surface area contributed by atoms with E-state index in [4.69, 9.17) is 4.74 Å². The Balaban J connectivity index is 2.19. The van der Waals surface area contributed by atoms with E-state index in [1.54, 1.807) is 19.2 Å². The maximum atomic E-state index is 9.64.